The fourth-order valence-electron chi connectivity index (χ4n) is 6.29. The molecule has 0 aromatic heterocycles. The number of alkyl halides is 3. The maximum absolute atomic E-state index is 15.4. The fourth-order valence-corrected chi connectivity index (χ4v) is 8.43. The highest BCUT2D eigenvalue weighted by Crippen LogP contribution is 2.53. The van der Waals surface area contributed by atoms with Crippen LogP contribution < -0.4 is 4.31 Å². The Morgan fingerprint density at radius 1 is 1.00 bits per heavy atom. The summed E-state index contributed by atoms with van der Waals surface area (Å²) >= 11 is 12.6. The van der Waals surface area contributed by atoms with Crippen molar-refractivity contribution in [3.8, 4) is 0 Å². The van der Waals surface area contributed by atoms with E-state index in [-0.39, 0.29) is 11.4 Å². The molecule has 6 nitrogen and oxygen atoms in total. The Labute approximate surface area is 286 Å². The Balaban J connectivity index is 1.59. The van der Waals surface area contributed by atoms with E-state index in [0.29, 0.717) is 52.4 Å². The van der Waals surface area contributed by atoms with Gasteiger partial charge in [-0.25, -0.2) is 12.8 Å². The van der Waals surface area contributed by atoms with Crippen LogP contribution in [0, 0.1) is 5.82 Å². The molecular formula is C35H32Cl2F4N2O4S. The average molecular weight is 724 g/mol. The smallest absolute Gasteiger partial charge is 0.354 e. The molecule has 48 heavy (non-hydrogen) atoms. The van der Waals surface area contributed by atoms with Crippen LogP contribution in [-0.4, -0.2) is 42.8 Å². The number of carbonyl (C=O) groups excluding carboxylic acids is 1. The molecule has 0 bridgehead atoms. The molecule has 3 aliphatic rings. The van der Waals surface area contributed by atoms with Crippen LogP contribution in [0.4, 0.5) is 23.2 Å². The number of amides is 1. The second-order valence-electron chi connectivity index (χ2n) is 12.3. The van der Waals surface area contributed by atoms with Crippen LogP contribution in [0.2, 0.25) is 10.0 Å². The Bertz CT molecular complexity index is 1860. The van der Waals surface area contributed by atoms with Crippen molar-refractivity contribution in [2.45, 2.75) is 67.7 Å². The Morgan fingerprint density at radius 2 is 1.69 bits per heavy atom. The number of hydrogen-bond donors (Lipinski definition) is 0. The minimum Gasteiger partial charge on any atom is -0.354 e. The normalized spacial score (nSPS) is 22.8. The molecule has 2 aliphatic carbocycles. The van der Waals surface area contributed by atoms with Crippen LogP contribution in [0.3, 0.4) is 0 Å². The molecule has 0 unspecified atom stereocenters. The highest BCUT2D eigenvalue weighted by Gasteiger charge is 2.58. The van der Waals surface area contributed by atoms with Crippen molar-refractivity contribution < 1.29 is 35.5 Å². The summed E-state index contributed by atoms with van der Waals surface area (Å²) in [5.74, 6) is -1.80. The van der Waals surface area contributed by atoms with Gasteiger partial charge in [0.25, 0.3) is 5.91 Å². The number of rotatable bonds is 11. The van der Waals surface area contributed by atoms with Gasteiger partial charge in [-0.05, 0) is 78.8 Å². The number of hydrogen-bond acceptors (Lipinski definition) is 4. The van der Waals surface area contributed by atoms with Crippen molar-refractivity contribution in [2.75, 3.05) is 10.8 Å². The highest BCUT2D eigenvalue weighted by molar-refractivity contribution is 7.93. The van der Waals surface area contributed by atoms with E-state index in [1.807, 2.05) is 0 Å². The summed E-state index contributed by atoms with van der Waals surface area (Å²) in [6.07, 6.45) is -5.26. The lowest BCUT2D eigenvalue weighted by atomic mass is 9.84. The summed E-state index contributed by atoms with van der Waals surface area (Å²) in [5.41, 5.74) is -0.968. The van der Waals surface area contributed by atoms with Crippen molar-refractivity contribution in [3.63, 3.8) is 0 Å². The molecule has 3 aromatic rings. The van der Waals surface area contributed by atoms with Gasteiger partial charge in [0.1, 0.15) is 11.9 Å². The minimum atomic E-state index is -4.84. The first-order chi connectivity index (χ1) is 22.7. The van der Waals surface area contributed by atoms with E-state index in [0.717, 1.165) is 10.4 Å². The zero-order valence-corrected chi connectivity index (χ0v) is 27.9. The number of benzene rings is 3. The third-order valence-electron chi connectivity index (χ3n) is 8.74. The van der Waals surface area contributed by atoms with E-state index in [4.69, 9.17) is 27.9 Å². The summed E-state index contributed by atoms with van der Waals surface area (Å²) in [7, 11) is -4.13. The second kappa shape index (κ2) is 13.2. The maximum atomic E-state index is 15.4. The van der Waals surface area contributed by atoms with Crippen molar-refractivity contribution in [2.24, 2.45) is 0 Å². The van der Waals surface area contributed by atoms with Crippen LogP contribution in [0.15, 0.2) is 96.7 Å². The molecule has 2 saturated carbocycles. The van der Waals surface area contributed by atoms with Gasteiger partial charge in [-0.15, -0.1) is 6.58 Å². The number of anilines is 1. The summed E-state index contributed by atoms with van der Waals surface area (Å²) in [4.78, 5) is 16.1. The summed E-state index contributed by atoms with van der Waals surface area (Å²) in [5, 5.41) is -0.0753. The first kappa shape index (κ1) is 34.5. The van der Waals surface area contributed by atoms with Crippen LogP contribution in [0.1, 0.15) is 61.8 Å². The number of para-hydroxylation sites is 1. The summed E-state index contributed by atoms with van der Waals surface area (Å²) in [6, 6.07) is 17.2. The SMILES string of the molecule is C=CC[C@@]1(CC(F)(F)F)O[C@H](c2cccc(Cl)c2)[C@@H](c2ccc(Cl)cc2)N(C(CN(c2ccccc2F)S(=O)(=O)C2CC2)=C2CC2)C1=O. The molecule has 0 radical (unpaired) electrons. The molecule has 0 spiro atoms. The number of morpholine rings is 1. The topological polar surface area (TPSA) is 66.9 Å². The third kappa shape index (κ3) is 7.01. The monoisotopic (exact) mass is 722 g/mol. The van der Waals surface area contributed by atoms with Crippen molar-refractivity contribution in [3.05, 3.63) is 124 Å². The van der Waals surface area contributed by atoms with Gasteiger partial charge in [-0.3, -0.25) is 9.10 Å². The quantitative estimate of drug-likeness (QED) is 0.146. The largest absolute Gasteiger partial charge is 0.392 e. The van der Waals surface area contributed by atoms with E-state index in [1.165, 1.54) is 29.2 Å². The first-order valence-electron chi connectivity index (χ1n) is 15.4. The lowest BCUT2D eigenvalue weighted by Crippen LogP contribution is -2.60. The van der Waals surface area contributed by atoms with Gasteiger partial charge in [0.2, 0.25) is 10.0 Å². The van der Waals surface area contributed by atoms with E-state index in [2.05, 4.69) is 6.58 Å². The average Bonchev–Trinajstić information content (AvgIpc) is 3.94. The molecule has 6 rings (SSSR count). The summed E-state index contributed by atoms with van der Waals surface area (Å²) < 4.78 is 93.8. The number of ether oxygens (including phenoxy) is 1. The molecule has 13 heteroatoms. The lowest BCUT2D eigenvalue weighted by Gasteiger charge is -2.51. The van der Waals surface area contributed by atoms with Gasteiger partial charge in [0.05, 0.1) is 29.9 Å². The van der Waals surface area contributed by atoms with Crippen LogP contribution >= 0.6 is 23.2 Å². The van der Waals surface area contributed by atoms with Crippen molar-refractivity contribution in [1.29, 1.82) is 0 Å². The minimum absolute atomic E-state index is 0.179. The molecule has 3 atom stereocenters. The molecule has 254 valence electrons. The van der Waals surface area contributed by atoms with Gasteiger partial charge in [-0.2, -0.15) is 13.2 Å². The van der Waals surface area contributed by atoms with Gasteiger partial charge in [-0.1, -0.05) is 65.7 Å². The maximum Gasteiger partial charge on any atom is 0.392 e. The predicted molar refractivity (Wildman–Crippen MR) is 176 cm³/mol. The number of nitrogens with zero attached hydrogens (tertiary/aromatic N) is 2. The van der Waals surface area contributed by atoms with Gasteiger partial charge >= 0.3 is 6.18 Å². The van der Waals surface area contributed by atoms with Crippen LogP contribution in [0.25, 0.3) is 0 Å². The highest BCUT2D eigenvalue weighted by atomic mass is 35.5. The molecule has 3 fully saturated rings. The number of halogens is 6. The van der Waals surface area contributed by atoms with Gasteiger partial charge < -0.3 is 9.64 Å². The van der Waals surface area contributed by atoms with Gasteiger partial charge in [0.15, 0.2) is 5.60 Å². The van der Waals surface area contributed by atoms with E-state index >= 15 is 4.39 Å². The lowest BCUT2D eigenvalue weighted by molar-refractivity contribution is -0.233. The Kier molecular flexibility index (Phi) is 9.45. The van der Waals surface area contributed by atoms with Crippen LogP contribution in [-0.2, 0) is 19.6 Å². The number of carbonyl (C=O) groups is 1. The second-order valence-corrected chi connectivity index (χ2v) is 15.3. The molecule has 1 heterocycles. The molecule has 1 saturated heterocycles. The Hall–Kier alpha value is -3.38. The Morgan fingerprint density at radius 3 is 2.27 bits per heavy atom. The zero-order chi connectivity index (χ0) is 34.4. The van der Waals surface area contributed by atoms with E-state index < -0.39 is 70.3 Å². The van der Waals surface area contributed by atoms with E-state index in [9.17, 15) is 26.4 Å². The van der Waals surface area contributed by atoms with Gasteiger partial charge in [0, 0.05) is 22.2 Å². The first-order valence-corrected chi connectivity index (χ1v) is 17.7. The van der Waals surface area contributed by atoms with Crippen LogP contribution in [0.5, 0.6) is 0 Å². The summed E-state index contributed by atoms with van der Waals surface area (Å²) in [6.45, 7) is 3.16. The standard InChI is InChI=1S/C35H32Cl2F4N2O4S/c1-2-18-34(21-35(39,40)41)33(44)43(31(23-12-14-25(36)15-13-23)32(47-34)24-6-5-7-26(37)19-24)30(22-10-11-22)20-42(48(45,46)27-16-17-27)29-9-4-3-8-28(29)38/h2-9,12-15,19,27,31-32H,1,10-11,16-18,20-21H2/t31-,32-,34+/m1/s1. The zero-order valence-electron chi connectivity index (χ0n) is 25.6. The van der Waals surface area contributed by atoms with E-state index in [1.54, 1.807) is 48.5 Å². The molecule has 3 aromatic carbocycles. The predicted octanol–water partition coefficient (Wildman–Crippen LogP) is 9.09. The molecule has 0 N–H and O–H groups in total. The third-order valence-corrected chi connectivity index (χ3v) is 11.5. The van der Waals surface area contributed by atoms with Crippen molar-refractivity contribution in [1.82, 2.24) is 4.90 Å². The molecular weight excluding hydrogens is 691 g/mol. The number of allylic oxidation sites excluding steroid dienone is 1. The molecule has 1 aliphatic heterocycles. The fraction of sp³-hybridized carbons (Fsp3) is 0.343. The molecule has 1 amide bonds. The van der Waals surface area contributed by atoms with Crippen molar-refractivity contribution >= 4 is 44.8 Å². The number of sulfonamides is 1.